The van der Waals surface area contributed by atoms with Gasteiger partial charge in [0, 0.05) is 0 Å². The molecule has 26 heteroatoms. The predicted octanol–water partition coefficient (Wildman–Crippen LogP) is -2.64. The maximum Gasteiger partial charge on any atom is 0.472 e. The number of hydrogen-bond donors (Lipinski definition) is 10. The van der Waals surface area contributed by atoms with E-state index in [9.17, 15) is 22.8 Å². The van der Waals surface area contributed by atoms with Gasteiger partial charge in [-0.25, -0.2) is 22.8 Å². The molecular weight excluding hydrogens is 563 g/mol. The molecule has 10 N–H and O–H groups in total. The van der Waals surface area contributed by atoms with Gasteiger partial charge in [0.1, 0.15) is 18.3 Å². The largest absolute Gasteiger partial charge is 0.472 e. The lowest BCUT2D eigenvalue weighted by Crippen LogP contribution is -2.61. The SMILES string of the molecule is O=P(O)(O)OC[C@H]1O[C@H](OP(=O)(O)O)[C@@H](OP(=O)(O)O)[C@@H](OP(=O)(O)O)[C@@H]1OP(=O)(O)O. The fourth-order valence-corrected chi connectivity index (χ4v) is 4.69. The number of phosphoric ester groups is 5. The van der Waals surface area contributed by atoms with Crippen LogP contribution in [0.25, 0.3) is 0 Å². The summed E-state index contributed by atoms with van der Waals surface area (Å²) < 4.78 is 81.3. The zero-order chi connectivity index (χ0) is 25.3. The summed E-state index contributed by atoms with van der Waals surface area (Å²) in [4.78, 5) is 89.7. The van der Waals surface area contributed by atoms with Crippen molar-refractivity contribution in [3.05, 3.63) is 0 Å². The van der Waals surface area contributed by atoms with Crippen LogP contribution in [0.1, 0.15) is 0 Å². The maximum atomic E-state index is 11.3. The molecule has 5 atom stereocenters. The highest BCUT2D eigenvalue weighted by atomic mass is 31.2. The first-order chi connectivity index (χ1) is 14.0. The van der Waals surface area contributed by atoms with Crippen LogP contribution in [0.15, 0.2) is 0 Å². The number of phosphoric acid groups is 5. The zero-order valence-electron chi connectivity index (χ0n) is 14.8. The van der Waals surface area contributed by atoms with E-state index in [4.69, 9.17) is 53.7 Å². The minimum Gasteiger partial charge on any atom is -0.341 e. The van der Waals surface area contributed by atoms with E-state index in [-0.39, 0.29) is 0 Å². The molecule has 0 aromatic carbocycles. The summed E-state index contributed by atoms with van der Waals surface area (Å²) in [6.07, 6.45) is -13.2. The molecule has 0 aromatic heterocycles. The van der Waals surface area contributed by atoms with Gasteiger partial charge in [-0.15, -0.1) is 0 Å². The van der Waals surface area contributed by atoms with Crippen LogP contribution in [-0.2, 0) is 50.2 Å². The van der Waals surface area contributed by atoms with Crippen molar-refractivity contribution in [1.29, 1.82) is 0 Å². The van der Waals surface area contributed by atoms with Gasteiger partial charge in [-0.3, -0.25) is 22.6 Å². The lowest BCUT2D eigenvalue weighted by Gasteiger charge is -2.44. The summed E-state index contributed by atoms with van der Waals surface area (Å²) in [5, 5.41) is 0. The summed E-state index contributed by atoms with van der Waals surface area (Å²) in [6, 6.07) is 0. The minimum absolute atomic E-state index is 1.44. The van der Waals surface area contributed by atoms with Crippen LogP contribution < -0.4 is 0 Å². The molecule has 1 fully saturated rings. The molecule has 0 aromatic rings. The second-order valence-corrected chi connectivity index (χ2v) is 11.6. The van der Waals surface area contributed by atoms with E-state index in [0.29, 0.717) is 0 Å². The van der Waals surface area contributed by atoms with Crippen LogP contribution >= 0.6 is 39.1 Å². The van der Waals surface area contributed by atoms with E-state index in [2.05, 4.69) is 22.6 Å². The molecule has 0 saturated carbocycles. The van der Waals surface area contributed by atoms with Crippen molar-refractivity contribution in [2.75, 3.05) is 6.61 Å². The Morgan fingerprint density at radius 1 is 0.531 bits per heavy atom. The van der Waals surface area contributed by atoms with Crippen LogP contribution in [0.2, 0.25) is 0 Å². The van der Waals surface area contributed by atoms with Gasteiger partial charge >= 0.3 is 39.1 Å². The average molecular weight is 580 g/mol. The lowest BCUT2D eigenvalue weighted by molar-refractivity contribution is -0.270. The highest BCUT2D eigenvalue weighted by Crippen LogP contribution is 2.52. The van der Waals surface area contributed by atoms with Crippen LogP contribution in [0, 0.1) is 0 Å². The fourth-order valence-electron chi connectivity index (χ4n) is 2.24. The highest BCUT2D eigenvalue weighted by molar-refractivity contribution is 7.47. The zero-order valence-corrected chi connectivity index (χ0v) is 19.3. The van der Waals surface area contributed by atoms with Gasteiger partial charge in [-0.05, 0) is 0 Å². The molecule has 1 heterocycles. The second-order valence-electron chi connectivity index (χ2n) is 5.61. The Bertz CT molecular complexity index is 869. The first kappa shape index (κ1) is 30.5. The third kappa shape index (κ3) is 12.3. The molecule has 0 bridgehead atoms. The Balaban J connectivity index is 3.58. The Morgan fingerprint density at radius 3 is 1.28 bits per heavy atom. The number of hydrogen-bond acceptors (Lipinski definition) is 11. The summed E-state index contributed by atoms with van der Waals surface area (Å²) in [5.74, 6) is 0. The van der Waals surface area contributed by atoms with Crippen LogP contribution in [-0.4, -0.2) is 86.2 Å². The Hall–Kier alpha value is 0.510. The normalized spacial score (nSPS) is 28.6. The van der Waals surface area contributed by atoms with E-state index in [0.717, 1.165) is 0 Å². The molecule has 192 valence electrons. The molecule has 1 saturated heterocycles. The fraction of sp³-hybridized carbons (Fsp3) is 1.00. The van der Waals surface area contributed by atoms with E-state index in [1.165, 1.54) is 0 Å². The Labute approximate surface area is 176 Å². The summed E-state index contributed by atoms with van der Waals surface area (Å²) >= 11 is 0. The molecule has 21 nitrogen and oxygen atoms in total. The monoisotopic (exact) mass is 580 g/mol. The Kier molecular flexibility index (Phi) is 10.2. The first-order valence-electron chi connectivity index (χ1n) is 7.27. The van der Waals surface area contributed by atoms with Gasteiger partial charge in [0.15, 0.2) is 12.4 Å². The summed E-state index contributed by atoms with van der Waals surface area (Å²) in [5.41, 5.74) is 0. The molecule has 0 radical (unpaired) electrons. The summed E-state index contributed by atoms with van der Waals surface area (Å²) in [7, 11) is -28.2. The van der Waals surface area contributed by atoms with Crippen molar-refractivity contribution < 1.29 is 99.1 Å². The van der Waals surface area contributed by atoms with E-state index >= 15 is 0 Å². The molecule has 1 rings (SSSR count). The van der Waals surface area contributed by atoms with Crippen molar-refractivity contribution in [3.63, 3.8) is 0 Å². The number of ether oxygens (including phenoxy) is 1. The van der Waals surface area contributed by atoms with Crippen LogP contribution in [0.5, 0.6) is 0 Å². The maximum absolute atomic E-state index is 11.3. The van der Waals surface area contributed by atoms with Crippen molar-refractivity contribution in [2.24, 2.45) is 0 Å². The second kappa shape index (κ2) is 10.6. The predicted molar refractivity (Wildman–Crippen MR) is 90.5 cm³/mol. The molecular formula is C6H17O21P5. The van der Waals surface area contributed by atoms with Crippen LogP contribution in [0.3, 0.4) is 0 Å². The minimum atomic E-state index is -5.76. The average Bonchev–Trinajstić information content (AvgIpc) is 2.45. The molecule has 0 spiro atoms. The van der Waals surface area contributed by atoms with Gasteiger partial charge in [0.25, 0.3) is 0 Å². The van der Waals surface area contributed by atoms with Gasteiger partial charge in [0.2, 0.25) is 0 Å². The number of rotatable bonds is 11. The van der Waals surface area contributed by atoms with Crippen molar-refractivity contribution >= 4 is 39.1 Å². The highest BCUT2D eigenvalue weighted by Gasteiger charge is 2.56. The summed E-state index contributed by atoms with van der Waals surface area (Å²) in [6.45, 7) is -1.44. The Morgan fingerprint density at radius 2 is 0.906 bits per heavy atom. The quantitative estimate of drug-likeness (QED) is 0.112. The standard InChI is InChI=1S/C6H17O21P5/c7-28(8,9)22-1-2-3(24-29(10,11)12)4(25-30(13,14)15)5(26-31(16,17)18)6(23-2)27-32(19,20)21/h2-6H,1H2,(H2,7,8,9)(H2,10,11,12)(H2,13,14,15)(H2,16,17,18)(H2,19,20,21)/t2-,3-,4+,5+,6-/m1/s1. The van der Waals surface area contributed by atoms with Gasteiger partial charge in [0.05, 0.1) is 6.61 Å². The molecule has 32 heavy (non-hydrogen) atoms. The van der Waals surface area contributed by atoms with E-state index in [1.54, 1.807) is 0 Å². The van der Waals surface area contributed by atoms with Crippen molar-refractivity contribution in [3.8, 4) is 0 Å². The molecule has 0 aliphatic carbocycles. The topological polar surface area (TPSA) is 343 Å². The van der Waals surface area contributed by atoms with E-state index < -0.39 is 76.4 Å². The van der Waals surface area contributed by atoms with Gasteiger partial charge in [-0.2, -0.15) is 0 Å². The van der Waals surface area contributed by atoms with Crippen molar-refractivity contribution in [2.45, 2.75) is 30.7 Å². The molecule has 1 aliphatic rings. The van der Waals surface area contributed by atoms with Crippen molar-refractivity contribution in [1.82, 2.24) is 0 Å². The lowest BCUT2D eigenvalue weighted by atomic mass is 9.99. The van der Waals surface area contributed by atoms with E-state index in [1.807, 2.05) is 0 Å². The molecule has 1 aliphatic heterocycles. The third-order valence-electron chi connectivity index (χ3n) is 3.02. The third-order valence-corrected chi connectivity index (χ3v) is 5.54. The van der Waals surface area contributed by atoms with Gasteiger partial charge in [-0.1, -0.05) is 0 Å². The molecule has 0 amide bonds. The first-order valence-corrected chi connectivity index (χ1v) is 14.9. The van der Waals surface area contributed by atoms with Crippen LogP contribution in [0.4, 0.5) is 0 Å². The molecule has 0 unspecified atom stereocenters. The smallest absolute Gasteiger partial charge is 0.341 e. The van der Waals surface area contributed by atoms with Gasteiger partial charge < -0.3 is 53.7 Å².